The molecule has 4 nitrogen and oxygen atoms in total. The molecular weight excluding hydrogens is 281 g/mol. The first-order chi connectivity index (χ1) is 9.60. The molecule has 0 aliphatic rings. The smallest absolute Gasteiger partial charge is 0.209 e. The Morgan fingerprint density at radius 2 is 2.10 bits per heavy atom. The molecule has 0 amide bonds. The molecular formula is C14H9ClFN3O. The lowest BCUT2D eigenvalue weighted by Crippen LogP contribution is -1.85. The number of benzene rings is 1. The highest BCUT2D eigenvalue weighted by Crippen LogP contribution is 2.32. The van der Waals surface area contributed by atoms with E-state index in [1.165, 1.54) is 6.07 Å². The molecule has 20 heavy (non-hydrogen) atoms. The van der Waals surface area contributed by atoms with Gasteiger partial charge in [-0.2, -0.15) is 0 Å². The highest BCUT2D eigenvalue weighted by Gasteiger charge is 2.15. The molecule has 0 saturated heterocycles. The van der Waals surface area contributed by atoms with E-state index >= 15 is 0 Å². The molecule has 3 rings (SSSR count). The molecule has 0 radical (unpaired) electrons. The van der Waals surface area contributed by atoms with Gasteiger partial charge in [0.25, 0.3) is 0 Å². The first-order valence-electron chi connectivity index (χ1n) is 5.87. The van der Waals surface area contributed by atoms with Crippen LogP contribution < -0.4 is 0 Å². The van der Waals surface area contributed by atoms with Gasteiger partial charge in [-0.15, -0.1) is 4.91 Å². The molecule has 2 aromatic heterocycles. The highest BCUT2D eigenvalue weighted by molar-refractivity contribution is 6.30. The average molecular weight is 290 g/mol. The van der Waals surface area contributed by atoms with E-state index in [0.29, 0.717) is 27.5 Å². The summed E-state index contributed by atoms with van der Waals surface area (Å²) in [5, 5.41) is 3.55. The summed E-state index contributed by atoms with van der Waals surface area (Å²) in [6.07, 6.45) is 1.63. The van der Waals surface area contributed by atoms with E-state index in [0.717, 1.165) is 0 Å². The van der Waals surface area contributed by atoms with Crippen LogP contribution in [-0.4, -0.2) is 9.38 Å². The van der Waals surface area contributed by atoms with Crippen molar-refractivity contribution in [1.29, 1.82) is 0 Å². The maximum absolute atomic E-state index is 13.3. The summed E-state index contributed by atoms with van der Waals surface area (Å²) >= 11 is 5.90. The van der Waals surface area contributed by atoms with Gasteiger partial charge in [0.2, 0.25) is 5.82 Å². The SMILES string of the molecule is Cc1cc(-c2nc3cc(Cl)ccn3c2N=O)ccc1F. The summed E-state index contributed by atoms with van der Waals surface area (Å²) in [5.41, 5.74) is 2.04. The van der Waals surface area contributed by atoms with E-state index in [-0.39, 0.29) is 11.6 Å². The maximum atomic E-state index is 13.3. The first-order valence-corrected chi connectivity index (χ1v) is 6.25. The fourth-order valence-corrected chi connectivity index (χ4v) is 2.23. The molecule has 0 atom stereocenters. The average Bonchev–Trinajstić information content (AvgIpc) is 2.79. The van der Waals surface area contributed by atoms with E-state index in [2.05, 4.69) is 10.2 Å². The summed E-state index contributed by atoms with van der Waals surface area (Å²) in [4.78, 5) is 15.4. The predicted octanol–water partition coefficient (Wildman–Crippen LogP) is 4.50. The zero-order valence-electron chi connectivity index (χ0n) is 10.5. The van der Waals surface area contributed by atoms with Crippen molar-refractivity contribution in [3.05, 3.63) is 57.8 Å². The molecule has 100 valence electrons. The molecule has 0 aliphatic heterocycles. The third kappa shape index (κ3) is 1.96. The van der Waals surface area contributed by atoms with Gasteiger partial charge in [-0.3, -0.25) is 4.40 Å². The van der Waals surface area contributed by atoms with E-state index in [1.54, 1.807) is 41.8 Å². The number of aryl methyl sites for hydroxylation is 1. The van der Waals surface area contributed by atoms with Gasteiger partial charge >= 0.3 is 0 Å². The Kier molecular flexibility index (Phi) is 2.99. The number of aromatic nitrogens is 2. The minimum absolute atomic E-state index is 0.169. The molecule has 0 saturated carbocycles. The van der Waals surface area contributed by atoms with E-state index in [4.69, 9.17) is 11.6 Å². The number of halogens is 2. The van der Waals surface area contributed by atoms with Crippen molar-refractivity contribution in [3.63, 3.8) is 0 Å². The lowest BCUT2D eigenvalue weighted by molar-refractivity contribution is 0.619. The van der Waals surface area contributed by atoms with Gasteiger partial charge in [0.1, 0.15) is 17.2 Å². The van der Waals surface area contributed by atoms with Crippen LogP contribution in [0.3, 0.4) is 0 Å². The normalized spacial score (nSPS) is 10.9. The molecule has 0 N–H and O–H groups in total. The van der Waals surface area contributed by atoms with Crippen molar-refractivity contribution in [2.24, 2.45) is 5.18 Å². The largest absolute Gasteiger partial charge is 0.281 e. The van der Waals surface area contributed by atoms with Crippen LogP contribution in [0.25, 0.3) is 16.9 Å². The van der Waals surface area contributed by atoms with Crippen molar-refractivity contribution in [2.75, 3.05) is 0 Å². The number of rotatable bonds is 2. The van der Waals surface area contributed by atoms with Crippen molar-refractivity contribution in [3.8, 4) is 11.3 Å². The monoisotopic (exact) mass is 289 g/mol. The first kappa shape index (κ1) is 12.7. The van der Waals surface area contributed by atoms with Crippen LogP contribution in [-0.2, 0) is 0 Å². The van der Waals surface area contributed by atoms with Crippen LogP contribution in [0, 0.1) is 17.6 Å². The van der Waals surface area contributed by atoms with Crippen molar-refractivity contribution in [2.45, 2.75) is 6.92 Å². The molecule has 3 aromatic rings. The second kappa shape index (κ2) is 4.68. The molecule has 0 bridgehead atoms. The number of pyridine rings is 1. The van der Waals surface area contributed by atoms with Crippen molar-refractivity contribution < 1.29 is 4.39 Å². The van der Waals surface area contributed by atoms with Crippen LogP contribution in [0.2, 0.25) is 5.02 Å². The molecule has 0 aliphatic carbocycles. The van der Waals surface area contributed by atoms with Gasteiger partial charge in [-0.05, 0) is 41.9 Å². The van der Waals surface area contributed by atoms with Crippen LogP contribution in [0.5, 0.6) is 0 Å². The number of imidazole rings is 1. The predicted molar refractivity (Wildman–Crippen MR) is 75.8 cm³/mol. The maximum Gasteiger partial charge on any atom is 0.209 e. The second-order valence-corrected chi connectivity index (χ2v) is 4.85. The van der Waals surface area contributed by atoms with Gasteiger partial charge in [0.05, 0.1) is 0 Å². The van der Waals surface area contributed by atoms with E-state index in [1.807, 2.05) is 0 Å². The van der Waals surface area contributed by atoms with Crippen LogP contribution >= 0.6 is 11.6 Å². The van der Waals surface area contributed by atoms with Gasteiger partial charge in [-0.25, -0.2) is 9.37 Å². The quantitative estimate of drug-likeness (QED) is 0.652. The van der Waals surface area contributed by atoms with Crippen molar-refractivity contribution in [1.82, 2.24) is 9.38 Å². The zero-order valence-corrected chi connectivity index (χ0v) is 11.2. The standard InChI is InChI=1S/C14H9ClFN3O/c1-8-6-9(2-3-11(8)16)13-14(18-20)19-5-4-10(15)7-12(19)17-13/h2-7H,1H3. The minimum atomic E-state index is -0.304. The van der Waals surface area contributed by atoms with Crippen molar-refractivity contribution >= 4 is 23.1 Å². The van der Waals surface area contributed by atoms with E-state index in [9.17, 15) is 9.30 Å². The lowest BCUT2D eigenvalue weighted by atomic mass is 10.1. The Balaban J connectivity index is 2.29. The molecule has 2 heterocycles. The highest BCUT2D eigenvalue weighted by atomic mass is 35.5. The molecule has 0 spiro atoms. The topological polar surface area (TPSA) is 46.7 Å². The summed E-state index contributed by atoms with van der Waals surface area (Å²) in [5.74, 6) is -0.135. The Hall–Kier alpha value is -2.27. The summed E-state index contributed by atoms with van der Waals surface area (Å²) in [7, 11) is 0. The Morgan fingerprint density at radius 3 is 2.80 bits per heavy atom. The molecule has 6 heteroatoms. The van der Waals surface area contributed by atoms with Gasteiger partial charge in [0.15, 0.2) is 0 Å². The zero-order chi connectivity index (χ0) is 14.3. The molecule has 0 fully saturated rings. The molecule has 1 aromatic carbocycles. The van der Waals surface area contributed by atoms with Gasteiger partial charge in [0, 0.05) is 22.8 Å². The number of nitrogens with zero attached hydrogens (tertiary/aromatic N) is 3. The number of hydrogen-bond acceptors (Lipinski definition) is 3. The second-order valence-electron chi connectivity index (χ2n) is 4.41. The Morgan fingerprint density at radius 1 is 1.30 bits per heavy atom. The van der Waals surface area contributed by atoms with Crippen LogP contribution in [0.4, 0.5) is 10.2 Å². The summed E-state index contributed by atoms with van der Waals surface area (Å²) in [6.45, 7) is 1.65. The Labute approximate surface area is 118 Å². The number of fused-ring (bicyclic) bond motifs is 1. The Bertz CT molecular complexity index is 829. The fraction of sp³-hybridized carbons (Fsp3) is 0.0714. The van der Waals surface area contributed by atoms with E-state index < -0.39 is 0 Å². The summed E-state index contributed by atoms with van der Waals surface area (Å²) in [6, 6.07) is 7.82. The third-order valence-electron chi connectivity index (χ3n) is 3.08. The van der Waals surface area contributed by atoms with Crippen LogP contribution in [0.15, 0.2) is 41.7 Å². The minimum Gasteiger partial charge on any atom is -0.281 e. The lowest BCUT2D eigenvalue weighted by Gasteiger charge is -2.00. The third-order valence-corrected chi connectivity index (χ3v) is 3.32. The van der Waals surface area contributed by atoms with Gasteiger partial charge < -0.3 is 0 Å². The summed E-state index contributed by atoms with van der Waals surface area (Å²) < 4.78 is 14.9. The number of hydrogen-bond donors (Lipinski definition) is 0. The fourth-order valence-electron chi connectivity index (χ4n) is 2.08. The van der Waals surface area contributed by atoms with Gasteiger partial charge in [-0.1, -0.05) is 11.6 Å². The van der Waals surface area contributed by atoms with Crippen LogP contribution in [0.1, 0.15) is 5.56 Å². The number of nitroso groups, excluding NO2 is 1. The molecule has 0 unspecified atom stereocenters.